The average molecular weight is 486 g/mol. The standard InChI is InChI=1S/C27H27N5O4/c1-4-26(33)36-19-18-32(3)25-16-14-24(15-17-25)31-30-23-12-10-22(11-13-23)29-28-21-8-6-20(7-9-21)27(34)35-5-2/h4,6-17H,1,5,18-19H2,2-3H3. The fraction of sp³-hybridized carbons (Fsp3) is 0.185. The maximum atomic E-state index is 11.7. The highest BCUT2D eigenvalue weighted by molar-refractivity contribution is 5.89. The molecule has 0 spiro atoms. The largest absolute Gasteiger partial charge is 0.462 e. The van der Waals surface area contributed by atoms with Crippen LogP contribution in [0.15, 0.2) is 106 Å². The molecule has 0 saturated carbocycles. The number of ether oxygens (including phenoxy) is 2. The first-order valence-electron chi connectivity index (χ1n) is 11.3. The molecule has 0 radical (unpaired) electrons. The van der Waals surface area contributed by atoms with Crippen LogP contribution >= 0.6 is 0 Å². The van der Waals surface area contributed by atoms with Crippen LogP contribution < -0.4 is 4.90 Å². The number of likely N-dealkylation sites (N-methyl/N-ethyl adjacent to an activating group) is 1. The summed E-state index contributed by atoms with van der Waals surface area (Å²) in [6, 6.07) is 21.5. The topological polar surface area (TPSA) is 105 Å². The molecule has 184 valence electrons. The predicted octanol–water partition coefficient (Wildman–Crippen LogP) is 6.86. The van der Waals surface area contributed by atoms with Crippen molar-refractivity contribution in [3.05, 3.63) is 91.0 Å². The number of carbonyl (C=O) groups is 2. The van der Waals surface area contributed by atoms with Gasteiger partial charge in [0, 0.05) is 18.8 Å². The number of anilines is 1. The summed E-state index contributed by atoms with van der Waals surface area (Å²) in [5.41, 5.74) is 4.11. The number of nitrogens with zero attached hydrogens (tertiary/aromatic N) is 5. The highest BCUT2D eigenvalue weighted by Crippen LogP contribution is 2.25. The quantitative estimate of drug-likeness (QED) is 0.168. The van der Waals surface area contributed by atoms with E-state index in [1.807, 2.05) is 36.2 Å². The first-order valence-corrected chi connectivity index (χ1v) is 11.3. The number of hydrogen-bond donors (Lipinski definition) is 0. The molecule has 0 unspecified atom stereocenters. The van der Waals surface area contributed by atoms with Gasteiger partial charge in [-0.15, -0.1) is 0 Å². The molecule has 0 aliphatic heterocycles. The highest BCUT2D eigenvalue weighted by Gasteiger charge is 2.05. The van der Waals surface area contributed by atoms with Gasteiger partial charge in [-0.3, -0.25) is 0 Å². The summed E-state index contributed by atoms with van der Waals surface area (Å²) in [7, 11) is 1.91. The number of esters is 2. The van der Waals surface area contributed by atoms with Crippen molar-refractivity contribution in [1.82, 2.24) is 0 Å². The van der Waals surface area contributed by atoms with Gasteiger partial charge in [-0.1, -0.05) is 6.58 Å². The molecule has 0 heterocycles. The molecule has 0 amide bonds. The van der Waals surface area contributed by atoms with Gasteiger partial charge in [0.2, 0.25) is 0 Å². The van der Waals surface area contributed by atoms with Gasteiger partial charge < -0.3 is 14.4 Å². The smallest absolute Gasteiger partial charge is 0.338 e. The van der Waals surface area contributed by atoms with E-state index in [1.54, 1.807) is 55.5 Å². The number of benzene rings is 3. The second kappa shape index (κ2) is 13.3. The summed E-state index contributed by atoms with van der Waals surface area (Å²) in [6.45, 7) is 6.30. The van der Waals surface area contributed by atoms with Gasteiger partial charge in [0.05, 0.1) is 41.5 Å². The van der Waals surface area contributed by atoms with E-state index in [1.165, 1.54) is 0 Å². The Labute approximate surface area is 209 Å². The number of hydrogen-bond acceptors (Lipinski definition) is 9. The van der Waals surface area contributed by atoms with E-state index in [0.29, 0.717) is 41.5 Å². The van der Waals surface area contributed by atoms with Crippen LogP contribution in [-0.2, 0) is 14.3 Å². The van der Waals surface area contributed by atoms with Crippen LogP contribution in [-0.4, -0.2) is 38.7 Å². The van der Waals surface area contributed by atoms with Gasteiger partial charge >= 0.3 is 11.9 Å². The molecule has 0 aliphatic rings. The lowest BCUT2D eigenvalue weighted by atomic mass is 10.2. The molecule has 0 aromatic heterocycles. The normalized spacial score (nSPS) is 10.9. The molecule has 0 fully saturated rings. The summed E-state index contributed by atoms with van der Waals surface area (Å²) in [5.74, 6) is -0.796. The Balaban J connectivity index is 1.52. The second-order valence-corrected chi connectivity index (χ2v) is 7.49. The number of azo groups is 2. The van der Waals surface area contributed by atoms with Crippen molar-refractivity contribution in [2.24, 2.45) is 20.5 Å². The van der Waals surface area contributed by atoms with Crippen LogP contribution in [0.1, 0.15) is 17.3 Å². The molecule has 36 heavy (non-hydrogen) atoms. The van der Waals surface area contributed by atoms with Crippen LogP contribution in [0.5, 0.6) is 0 Å². The lowest BCUT2D eigenvalue weighted by Crippen LogP contribution is -2.23. The highest BCUT2D eigenvalue weighted by atomic mass is 16.5. The molecular formula is C27H27N5O4. The lowest BCUT2D eigenvalue weighted by molar-refractivity contribution is -0.137. The van der Waals surface area contributed by atoms with Crippen molar-refractivity contribution in [1.29, 1.82) is 0 Å². The number of rotatable bonds is 11. The summed E-state index contributed by atoms with van der Waals surface area (Å²) in [5, 5.41) is 16.9. The average Bonchev–Trinajstić information content (AvgIpc) is 2.91. The summed E-state index contributed by atoms with van der Waals surface area (Å²) in [4.78, 5) is 24.8. The van der Waals surface area contributed by atoms with Gasteiger partial charge in [-0.2, -0.15) is 20.5 Å². The van der Waals surface area contributed by atoms with E-state index in [2.05, 4.69) is 27.0 Å². The van der Waals surface area contributed by atoms with Crippen molar-refractivity contribution in [3.8, 4) is 0 Å². The van der Waals surface area contributed by atoms with E-state index in [-0.39, 0.29) is 12.6 Å². The maximum absolute atomic E-state index is 11.7. The molecule has 0 aliphatic carbocycles. The molecule has 9 heteroatoms. The Bertz CT molecular complexity index is 1220. The van der Waals surface area contributed by atoms with Crippen molar-refractivity contribution >= 4 is 40.4 Å². The first-order chi connectivity index (χ1) is 17.5. The van der Waals surface area contributed by atoms with Gasteiger partial charge in [0.25, 0.3) is 0 Å². The summed E-state index contributed by atoms with van der Waals surface area (Å²) in [6.07, 6.45) is 1.15. The number of carbonyl (C=O) groups excluding carboxylic acids is 2. The summed E-state index contributed by atoms with van der Waals surface area (Å²) < 4.78 is 9.97. The molecule has 0 saturated heterocycles. The molecule has 3 rings (SSSR count). The van der Waals surface area contributed by atoms with Crippen LogP contribution in [0.25, 0.3) is 0 Å². The minimum atomic E-state index is -0.433. The van der Waals surface area contributed by atoms with E-state index in [0.717, 1.165) is 11.8 Å². The Morgan fingerprint density at radius 1 is 0.778 bits per heavy atom. The minimum Gasteiger partial charge on any atom is -0.462 e. The Morgan fingerprint density at radius 3 is 1.67 bits per heavy atom. The third-order valence-corrected chi connectivity index (χ3v) is 4.92. The SMILES string of the molecule is C=CC(=O)OCCN(C)c1ccc(N=Nc2ccc(N=Nc3ccc(C(=O)OCC)cc3)cc2)cc1. The lowest BCUT2D eigenvalue weighted by Gasteiger charge is -2.18. The van der Waals surface area contributed by atoms with Crippen LogP contribution in [0.4, 0.5) is 28.4 Å². The van der Waals surface area contributed by atoms with Gasteiger partial charge in [-0.25, -0.2) is 9.59 Å². The molecule has 3 aromatic carbocycles. The monoisotopic (exact) mass is 485 g/mol. The van der Waals surface area contributed by atoms with Gasteiger partial charge in [0.1, 0.15) is 6.61 Å². The maximum Gasteiger partial charge on any atom is 0.338 e. The second-order valence-electron chi connectivity index (χ2n) is 7.49. The molecule has 9 nitrogen and oxygen atoms in total. The van der Waals surface area contributed by atoms with Gasteiger partial charge in [-0.05, 0) is 79.7 Å². The fourth-order valence-corrected chi connectivity index (χ4v) is 2.94. The Hall–Kier alpha value is -4.66. The third-order valence-electron chi connectivity index (χ3n) is 4.92. The van der Waals surface area contributed by atoms with Crippen LogP contribution in [0.2, 0.25) is 0 Å². The Morgan fingerprint density at radius 2 is 1.22 bits per heavy atom. The van der Waals surface area contributed by atoms with E-state index in [9.17, 15) is 9.59 Å². The zero-order valence-corrected chi connectivity index (χ0v) is 20.2. The molecular weight excluding hydrogens is 458 g/mol. The molecule has 0 bridgehead atoms. The molecule has 0 N–H and O–H groups in total. The van der Waals surface area contributed by atoms with Crippen molar-refractivity contribution < 1.29 is 19.1 Å². The van der Waals surface area contributed by atoms with E-state index in [4.69, 9.17) is 9.47 Å². The van der Waals surface area contributed by atoms with E-state index < -0.39 is 5.97 Å². The van der Waals surface area contributed by atoms with Crippen LogP contribution in [0, 0.1) is 0 Å². The molecule has 3 aromatic rings. The predicted molar refractivity (Wildman–Crippen MR) is 138 cm³/mol. The van der Waals surface area contributed by atoms with Crippen molar-refractivity contribution in [3.63, 3.8) is 0 Å². The van der Waals surface area contributed by atoms with E-state index >= 15 is 0 Å². The fourth-order valence-electron chi connectivity index (χ4n) is 2.94. The summed E-state index contributed by atoms with van der Waals surface area (Å²) >= 11 is 0. The van der Waals surface area contributed by atoms with Crippen molar-refractivity contribution in [2.75, 3.05) is 31.7 Å². The minimum absolute atomic E-state index is 0.278. The zero-order chi connectivity index (χ0) is 25.8. The molecule has 0 atom stereocenters. The third kappa shape index (κ3) is 7.98. The Kier molecular flexibility index (Phi) is 9.58. The first kappa shape index (κ1) is 26.0. The zero-order valence-electron chi connectivity index (χ0n) is 20.2. The van der Waals surface area contributed by atoms with Crippen molar-refractivity contribution in [2.45, 2.75) is 6.92 Å². The van der Waals surface area contributed by atoms with Gasteiger partial charge in [0.15, 0.2) is 0 Å². The van der Waals surface area contributed by atoms with Crippen LogP contribution in [0.3, 0.4) is 0 Å².